The van der Waals surface area contributed by atoms with Crippen molar-refractivity contribution < 1.29 is 8.42 Å². The monoisotopic (exact) mass is 348 g/mol. The van der Waals surface area contributed by atoms with Gasteiger partial charge in [0.2, 0.25) is 0 Å². The molecule has 0 spiro atoms. The number of nitrogens with zero attached hydrogens (tertiary/aromatic N) is 1. The number of sulfonamides is 1. The molecular weight excluding hydrogens is 339 g/mol. The van der Waals surface area contributed by atoms with E-state index >= 15 is 0 Å². The molecule has 0 aliphatic heterocycles. The fraction of sp³-hybridized carbons (Fsp3) is 0.0909. The van der Waals surface area contributed by atoms with E-state index in [9.17, 15) is 13.2 Å². The van der Waals surface area contributed by atoms with Gasteiger partial charge in [0.05, 0.1) is 5.02 Å². The van der Waals surface area contributed by atoms with E-state index in [1.54, 1.807) is 0 Å². The van der Waals surface area contributed by atoms with Crippen LogP contribution in [0.4, 0.5) is 5.82 Å². The van der Waals surface area contributed by atoms with E-state index in [1.807, 2.05) is 0 Å². The SMILES string of the molecule is NCc1cc(Cl)cc(S(=O)(=O)Nc2ccc(=O)[nH]n2)c1Cl. The van der Waals surface area contributed by atoms with Crippen molar-refractivity contribution in [1.29, 1.82) is 0 Å². The number of benzene rings is 1. The number of halogens is 2. The summed E-state index contributed by atoms with van der Waals surface area (Å²) in [6.07, 6.45) is 0. The van der Waals surface area contributed by atoms with E-state index in [0.717, 1.165) is 6.07 Å². The summed E-state index contributed by atoms with van der Waals surface area (Å²) >= 11 is 11.9. The quantitative estimate of drug-likeness (QED) is 0.770. The largest absolute Gasteiger partial charge is 0.326 e. The molecule has 0 bridgehead atoms. The van der Waals surface area contributed by atoms with E-state index in [2.05, 4.69) is 14.9 Å². The highest BCUT2D eigenvalue weighted by Gasteiger charge is 2.21. The molecule has 112 valence electrons. The smallest absolute Gasteiger partial charge is 0.264 e. The van der Waals surface area contributed by atoms with Gasteiger partial charge in [-0.05, 0) is 23.8 Å². The van der Waals surface area contributed by atoms with Crippen LogP contribution in [0.1, 0.15) is 5.56 Å². The highest BCUT2D eigenvalue weighted by Crippen LogP contribution is 2.30. The fourth-order valence-corrected chi connectivity index (χ4v) is 3.50. The Bertz CT molecular complexity index is 815. The first-order valence-corrected chi connectivity index (χ1v) is 7.84. The predicted molar refractivity (Wildman–Crippen MR) is 80.0 cm³/mol. The third-order valence-electron chi connectivity index (χ3n) is 2.51. The Morgan fingerprint density at radius 3 is 2.57 bits per heavy atom. The third kappa shape index (κ3) is 3.53. The number of aromatic nitrogens is 2. The minimum atomic E-state index is -4.02. The molecule has 0 radical (unpaired) electrons. The molecule has 0 unspecified atom stereocenters. The zero-order valence-corrected chi connectivity index (χ0v) is 12.8. The van der Waals surface area contributed by atoms with Gasteiger partial charge < -0.3 is 5.73 Å². The van der Waals surface area contributed by atoms with Crippen molar-refractivity contribution in [1.82, 2.24) is 10.2 Å². The van der Waals surface area contributed by atoms with Crippen LogP contribution in [-0.4, -0.2) is 18.6 Å². The maximum Gasteiger partial charge on any atom is 0.264 e. The molecule has 1 aromatic heterocycles. The van der Waals surface area contributed by atoms with Crippen LogP contribution >= 0.6 is 23.2 Å². The van der Waals surface area contributed by atoms with Crippen LogP contribution in [0.2, 0.25) is 10.0 Å². The first-order chi connectivity index (χ1) is 9.83. The summed E-state index contributed by atoms with van der Waals surface area (Å²) in [5.41, 5.74) is 5.44. The second-order valence-electron chi connectivity index (χ2n) is 3.99. The molecular formula is C11H10Cl2N4O3S. The molecule has 21 heavy (non-hydrogen) atoms. The molecule has 0 amide bonds. The van der Waals surface area contributed by atoms with Gasteiger partial charge in [-0.15, -0.1) is 0 Å². The molecule has 0 aliphatic carbocycles. The number of nitrogens with two attached hydrogens (primary N) is 1. The maximum absolute atomic E-state index is 12.3. The first kappa shape index (κ1) is 15.8. The zero-order valence-electron chi connectivity index (χ0n) is 10.4. The van der Waals surface area contributed by atoms with Crippen LogP contribution < -0.4 is 16.0 Å². The lowest BCUT2D eigenvalue weighted by Crippen LogP contribution is -2.17. The van der Waals surface area contributed by atoms with Crippen LogP contribution in [0.25, 0.3) is 0 Å². The summed E-state index contributed by atoms with van der Waals surface area (Å²) < 4.78 is 26.8. The van der Waals surface area contributed by atoms with Gasteiger partial charge in [0.15, 0.2) is 5.82 Å². The molecule has 10 heteroatoms. The van der Waals surface area contributed by atoms with E-state index in [-0.39, 0.29) is 27.3 Å². The summed E-state index contributed by atoms with van der Waals surface area (Å²) in [4.78, 5) is 10.7. The summed E-state index contributed by atoms with van der Waals surface area (Å²) in [6, 6.07) is 5.05. The number of hydrogen-bond donors (Lipinski definition) is 3. The number of rotatable bonds is 4. The Hall–Kier alpha value is -1.61. The van der Waals surface area contributed by atoms with Crippen LogP contribution in [-0.2, 0) is 16.6 Å². The molecule has 2 aromatic rings. The summed E-state index contributed by atoms with van der Waals surface area (Å²) in [5.74, 6) is -0.0556. The van der Waals surface area contributed by atoms with E-state index < -0.39 is 15.6 Å². The van der Waals surface area contributed by atoms with Crippen molar-refractivity contribution in [3.63, 3.8) is 0 Å². The Kier molecular flexibility index (Phi) is 4.52. The molecule has 4 N–H and O–H groups in total. The normalized spacial score (nSPS) is 11.4. The summed E-state index contributed by atoms with van der Waals surface area (Å²) in [5, 5.41) is 5.84. The Morgan fingerprint density at radius 1 is 1.29 bits per heavy atom. The van der Waals surface area contributed by atoms with Crippen LogP contribution in [0.3, 0.4) is 0 Å². The zero-order chi connectivity index (χ0) is 15.6. The molecule has 0 fully saturated rings. The first-order valence-electron chi connectivity index (χ1n) is 5.60. The Morgan fingerprint density at radius 2 is 2.00 bits per heavy atom. The predicted octanol–water partition coefficient (Wildman–Crippen LogP) is 1.34. The van der Waals surface area contributed by atoms with Gasteiger partial charge in [0.25, 0.3) is 15.6 Å². The van der Waals surface area contributed by atoms with E-state index in [4.69, 9.17) is 28.9 Å². The van der Waals surface area contributed by atoms with Gasteiger partial charge in [-0.1, -0.05) is 23.2 Å². The van der Waals surface area contributed by atoms with Crippen molar-refractivity contribution in [2.24, 2.45) is 5.73 Å². The average Bonchev–Trinajstić information content (AvgIpc) is 2.43. The molecule has 7 nitrogen and oxygen atoms in total. The van der Waals surface area contributed by atoms with Crippen molar-refractivity contribution >= 4 is 39.0 Å². The van der Waals surface area contributed by atoms with E-state index in [1.165, 1.54) is 18.2 Å². The molecule has 0 aliphatic rings. The van der Waals surface area contributed by atoms with Gasteiger partial charge in [0.1, 0.15) is 4.90 Å². The number of nitrogens with one attached hydrogen (secondary N) is 2. The van der Waals surface area contributed by atoms with Crippen molar-refractivity contribution in [2.45, 2.75) is 11.4 Å². The molecule has 1 heterocycles. The van der Waals surface area contributed by atoms with Crippen LogP contribution in [0, 0.1) is 0 Å². The van der Waals surface area contributed by atoms with Gasteiger partial charge in [-0.2, -0.15) is 5.10 Å². The lowest BCUT2D eigenvalue weighted by molar-refractivity contribution is 0.601. The lowest BCUT2D eigenvalue weighted by Gasteiger charge is -2.11. The average molecular weight is 349 g/mol. The molecule has 0 atom stereocenters. The maximum atomic E-state index is 12.3. The standard InChI is InChI=1S/C11H10Cl2N4O3S/c12-7-3-6(5-14)11(13)8(4-7)21(19,20)17-9-1-2-10(18)16-15-9/h1-4H,5,14H2,(H,15,17)(H,16,18). The molecule has 2 rings (SSSR count). The van der Waals surface area contributed by atoms with Crippen LogP contribution in [0.5, 0.6) is 0 Å². The highest BCUT2D eigenvalue weighted by molar-refractivity contribution is 7.92. The number of anilines is 1. The summed E-state index contributed by atoms with van der Waals surface area (Å²) in [7, 11) is -4.02. The number of H-pyrrole nitrogens is 1. The van der Waals surface area contributed by atoms with Crippen LogP contribution in [0.15, 0.2) is 34.0 Å². The summed E-state index contributed by atoms with van der Waals surface area (Å²) in [6.45, 7) is 0.0405. The minimum Gasteiger partial charge on any atom is -0.326 e. The number of hydrogen-bond acceptors (Lipinski definition) is 5. The topological polar surface area (TPSA) is 118 Å². The fourth-order valence-electron chi connectivity index (χ4n) is 1.56. The Labute approximate surface area is 130 Å². The lowest BCUT2D eigenvalue weighted by atomic mass is 10.2. The second kappa shape index (κ2) is 6.02. The van der Waals surface area contributed by atoms with Crippen molar-refractivity contribution in [2.75, 3.05) is 4.72 Å². The number of aromatic amines is 1. The minimum absolute atomic E-state index is 0.0150. The van der Waals surface area contributed by atoms with Crippen molar-refractivity contribution in [3.05, 3.63) is 50.2 Å². The third-order valence-corrected chi connectivity index (χ3v) is 4.66. The van der Waals surface area contributed by atoms with Gasteiger partial charge >= 0.3 is 0 Å². The van der Waals surface area contributed by atoms with Crippen molar-refractivity contribution in [3.8, 4) is 0 Å². The molecule has 0 saturated heterocycles. The molecule has 0 saturated carbocycles. The van der Waals surface area contributed by atoms with Gasteiger partial charge in [-0.25, -0.2) is 13.5 Å². The Balaban J connectivity index is 2.47. The molecule has 1 aromatic carbocycles. The van der Waals surface area contributed by atoms with E-state index in [0.29, 0.717) is 5.56 Å². The highest BCUT2D eigenvalue weighted by atomic mass is 35.5. The second-order valence-corrected chi connectivity index (χ2v) is 6.46. The van der Waals surface area contributed by atoms with Gasteiger partial charge in [-0.3, -0.25) is 9.52 Å². The van der Waals surface area contributed by atoms with Gasteiger partial charge in [0, 0.05) is 17.6 Å².